The van der Waals surface area contributed by atoms with Gasteiger partial charge in [-0.1, -0.05) is 18.2 Å². The van der Waals surface area contributed by atoms with E-state index in [1.807, 2.05) is 70.4 Å². The van der Waals surface area contributed by atoms with Crippen molar-refractivity contribution in [3.8, 4) is 11.4 Å². The van der Waals surface area contributed by atoms with E-state index < -0.39 is 0 Å². The van der Waals surface area contributed by atoms with Gasteiger partial charge in [0.2, 0.25) is 0 Å². The molecular formula is C33H33N9O3. The third-order valence-electron chi connectivity index (χ3n) is 8.18. The SMILES string of the molecule is O=C(Nc1ccc(-c2nc(N3CCOCC3)c3cnn(C4CCN(C(=O)c5ccccc5)CC4)c3n2)cc1)Nc1cccnc1. The molecule has 0 radical (unpaired) electrons. The molecule has 2 aliphatic heterocycles. The molecule has 7 rings (SSSR count). The van der Waals surface area contributed by atoms with Crippen LogP contribution in [0.3, 0.4) is 0 Å². The number of ether oxygens (including phenoxy) is 1. The summed E-state index contributed by atoms with van der Waals surface area (Å²) in [6, 6.07) is 20.2. The monoisotopic (exact) mass is 603 g/mol. The molecule has 2 N–H and O–H groups in total. The number of amides is 3. The Morgan fingerprint density at radius 2 is 1.56 bits per heavy atom. The van der Waals surface area contributed by atoms with E-state index in [4.69, 9.17) is 19.8 Å². The number of piperidine rings is 1. The molecule has 0 saturated carbocycles. The Labute approximate surface area is 260 Å². The smallest absolute Gasteiger partial charge is 0.323 e. The molecular weight excluding hydrogens is 570 g/mol. The zero-order valence-corrected chi connectivity index (χ0v) is 24.7. The first-order chi connectivity index (χ1) is 22.1. The molecule has 12 heteroatoms. The number of fused-ring (bicyclic) bond motifs is 1. The number of carbonyl (C=O) groups is 2. The maximum Gasteiger partial charge on any atom is 0.323 e. The molecule has 0 aliphatic carbocycles. The fourth-order valence-corrected chi connectivity index (χ4v) is 5.83. The number of hydrogen-bond acceptors (Lipinski definition) is 8. The third kappa shape index (κ3) is 6.18. The van der Waals surface area contributed by atoms with Crippen LogP contribution in [0.4, 0.5) is 22.0 Å². The van der Waals surface area contributed by atoms with Crippen LogP contribution in [-0.4, -0.2) is 81.0 Å². The summed E-state index contributed by atoms with van der Waals surface area (Å²) in [6.07, 6.45) is 6.66. The van der Waals surface area contributed by atoms with Crippen molar-refractivity contribution in [3.05, 3.63) is 90.9 Å². The summed E-state index contributed by atoms with van der Waals surface area (Å²) in [4.78, 5) is 43.7. The van der Waals surface area contributed by atoms with Gasteiger partial charge in [0.05, 0.1) is 42.7 Å². The molecule has 3 amide bonds. The maximum atomic E-state index is 13.0. The molecule has 3 aromatic heterocycles. The Bertz CT molecular complexity index is 1780. The summed E-state index contributed by atoms with van der Waals surface area (Å²) in [6.45, 7) is 4.01. The Balaban J connectivity index is 1.13. The van der Waals surface area contributed by atoms with E-state index in [-0.39, 0.29) is 18.0 Å². The lowest BCUT2D eigenvalue weighted by Gasteiger charge is -2.32. The van der Waals surface area contributed by atoms with E-state index in [1.54, 1.807) is 24.5 Å². The van der Waals surface area contributed by atoms with Gasteiger partial charge in [0.25, 0.3) is 5.91 Å². The van der Waals surface area contributed by atoms with Gasteiger partial charge in [0.15, 0.2) is 11.5 Å². The fourth-order valence-electron chi connectivity index (χ4n) is 5.83. The van der Waals surface area contributed by atoms with Crippen molar-refractivity contribution < 1.29 is 14.3 Å². The van der Waals surface area contributed by atoms with Gasteiger partial charge in [-0.15, -0.1) is 0 Å². The Morgan fingerprint density at radius 1 is 0.800 bits per heavy atom. The lowest BCUT2D eigenvalue weighted by atomic mass is 10.0. The van der Waals surface area contributed by atoms with Crippen LogP contribution >= 0.6 is 0 Å². The van der Waals surface area contributed by atoms with Crippen molar-refractivity contribution in [3.63, 3.8) is 0 Å². The number of benzene rings is 2. The molecule has 5 aromatic rings. The van der Waals surface area contributed by atoms with Gasteiger partial charge in [-0.3, -0.25) is 9.78 Å². The van der Waals surface area contributed by atoms with Gasteiger partial charge in [0.1, 0.15) is 5.82 Å². The summed E-state index contributed by atoms with van der Waals surface area (Å²) in [7, 11) is 0. The second-order valence-corrected chi connectivity index (χ2v) is 11.1. The number of hydrogen-bond donors (Lipinski definition) is 2. The van der Waals surface area contributed by atoms with Crippen LogP contribution in [0.25, 0.3) is 22.4 Å². The van der Waals surface area contributed by atoms with Crippen LogP contribution < -0.4 is 15.5 Å². The molecule has 45 heavy (non-hydrogen) atoms. The maximum absolute atomic E-state index is 13.0. The Kier molecular flexibility index (Phi) is 8.02. The van der Waals surface area contributed by atoms with Crippen molar-refractivity contribution in [2.45, 2.75) is 18.9 Å². The van der Waals surface area contributed by atoms with Crippen LogP contribution in [-0.2, 0) is 4.74 Å². The number of nitrogens with zero attached hydrogens (tertiary/aromatic N) is 7. The topological polar surface area (TPSA) is 130 Å². The van der Waals surface area contributed by atoms with Crippen LogP contribution in [0.2, 0.25) is 0 Å². The molecule has 2 fully saturated rings. The summed E-state index contributed by atoms with van der Waals surface area (Å²) in [5.74, 6) is 1.47. The number of aromatic nitrogens is 5. The van der Waals surface area contributed by atoms with Crippen LogP contribution in [0.1, 0.15) is 29.2 Å². The third-order valence-corrected chi connectivity index (χ3v) is 8.18. The minimum absolute atomic E-state index is 0.0612. The lowest BCUT2D eigenvalue weighted by molar-refractivity contribution is 0.0691. The number of carbonyl (C=O) groups excluding carboxylic acids is 2. The largest absolute Gasteiger partial charge is 0.378 e. The number of morpholine rings is 1. The summed E-state index contributed by atoms with van der Waals surface area (Å²) < 4.78 is 7.62. The molecule has 228 valence electrons. The minimum Gasteiger partial charge on any atom is -0.378 e. The molecule has 0 atom stereocenters. The zero-order valence-electron chi connectivity index (χ0n) is 24.7. The van der Waals surface area contributed by atoms with Crippen LogP contribution in [0.5, 0.6) is 0 Å². The predicted octanol–water partition coefficient (Wildman–Crippen LogP) is 4.85. The van der Waals surface area contributed by atoms with Crippen molar-refractivity contribution in [1.29, 1.82) is 0 Å². The van der Waals surface area contributed by atoms with E-state index in [0.29, 0.717) is 49.1 Å². The second kappa shape index (κ2) is 12.7. The number of rotatable bonds is 6. The molecule has 0 unspecified atom stereocenters. The first-order valence-electron chi connectivity index (χ1n) is 15.1. The zero-order chi connectivity index (χ0) is 30.6. The molecule has 0 bridgehead atoms. The van der Waals surface area contributed by atoms with Crippen LogP contribution in [0.15, 0.2) is 85.3 Å². The first-order valence-corrected chi connectivity index (χ1v) is 15.1. The molecule has 2 aromatic carbocycles. The van der Waals surface area contributed by atoms with Gasteiger partial charge in [-0.05, 0) is 61.4 Å². The number of likely N-dealkylation sites (tertiary alicyclic amines) is 1. The van der Waals surface area contributed by atoms with E-state index >= 15 is 0 Å². The van der Waals surface area contributed by atoms with Gasteiger partial charge in [0, 0.05) is 49.2 Å². The Morgan fingerprint density at radius 3 is 2.29 bits per heavy atom. The van der Waals surface area contributed by atoms with E-state index in [9.17, 15) is 9.59 Å². The number of urea groups is 1. The average Bonchev–Trinajstić information content (AvgIpc) is 3.53. The van der Waals surface area contributed by atoms with Crippen molar-refractivity contribution in [1.82, 2.24) is 29.6 Å². The highest BCUT2D eigenvalue weighted by atomic mass is 16.5. The predicted molar refractivity (Wildman–Crippen MR) is 171 cm³/mol. The second-order valence-electron chi connectivity index (χ2n) is 11.1. The number of pyridine rings is 1. The molecule has 5 heterocycles. The van der Waals surface area contributed by atoms with Crippen molar-refractivity contribution in [2.24, 2.45) is 0 Å². The lowest BCUT2D eigenvalue weighted by Crippen LogP contribution is -2.39. The summed E-state index contributed by atoms with van der Waals surface area (Å²) in [5, 5.41) is 11.3. The van der Waals surface area contributed by atoms with E-state index in [0.717, 1.165) is 48.3 Å². The highest BCUT2D eigenvalue weighted by Crippen LogP contribution is 2.32. The van der Waals surface area contributed by atoms with Crippen molar-refractivity contribution in [2.75, 3.05) is 54.9 Å². The quantitative estimate of drug-likeness (QED) is 0.282. The first kappa shape index (κ1) is 28.4. The Hall–Kier alpha value is -5.36. The van der Waals surface area contributed by atoms with Gasteiger partial charge >= 0.3 is 6.03 Å². The van der Waals surface area contributed by atoms with Gasteiger partial charge in [-0.2, -0.15) is 5.10 Å². The number of anilines is 3. The summed E-state index contributed by atoms with van der Waals surface area (Å²) in [5.41, 5.74) is 3.54. The minimum atomic E-state index is -0.358. The normalized spacial score (nSPS) is 15.6. The number of nitrogens with one attached hydrogen (secondary N) is 2. The highest BCUT2D eigenvalue weighted by molar-refractivity contribution is 5.99. The molecule has 12 nitrogen and oxygen atoms in total. The highest BCUT2D eigenvalue weighted by Gasteiger charge is 2.28. The van der Waals surface area contributed by atoms with E-state index in [2.05, 4.69) is 20.5 Å². The van der Waals surface area contributed by atoms with Gasteiger partial charge < -0.3 is 25.2 Å². The summed E-state index contributed by atoms with van der Waals surface area (Å²) >= 11 is 0. The molecule has 2 aliphatic rings. The van der Waals surface area contributed by atoms with Crippen molar-refractivity contribution >= 4 is 40.2 Å². The van der Waals surface area contributed by atoms with Crippen LogP contribution in [0, 0.1) is 0 Å². The van der Waals surface area contributed by atoms with Gasteiger partial charge in [-0.25, -0.2) is 19.4 Å². The molecule has 2 saturated heterocycles. The molecule has 0 spiro atoms. The van der Waals surface area contributed by atoms with E-state index in [1.165, 1.54) is 0 Å². The standard InChI is InChI=1S/C33H33N9O3/c43-32(24-5-2-1-3-6-24)41-15-12-27(13-16-41)42-31-28(22-35-42)30(40-17-19-45-20-18-40)38-29(39-31)23-8-10-25(11-9-23)36-33(44)37-26-7-4-14-34-21-26/h1-11,14,21-22,27H,12-13,15-20H2,(H2,36,37,44). The average molecular weight is 604 g/mol. The fraction of sp³-hybridized carbons (Fsp3) is 0.273.